The molecule has 3 radical (unpaired) electrons. The number of methoxy groups -OCH3 is 1. The summed E-state index contributed by atoms with van der Waals surface area (Å²) in [6.07, 6.45) is -0.893. The van der Waals surface area contributed by atoms with Crippen LogP contribution in [-0.2, 0) is 18.6 Å². The van der Waals surface area contributed by atoms with Gasteiger partial charge in [0.2, 0.25) is 0 Å². The molecule has 2 unspecified atom stereocenters. The second-order valence-electron chi connectivity index (χ2n) is 3.66. The molecule has 6 nitrogen and oxygen atoms in total. The molecule has 16 heavy (non-hydrogen) atoms. The molecule has 1 N–H and O–H groups in total. The van der Waals surface area contributed by atoms with Crippen molar-refractivity contribution >= 4 is 22.7 Å². The zero-order chi connectivity index (χ0) is 12.3. The lowest BCUT2D eigenvalue weighted by Crippen LogP contribution is -2.32. The van der Waals surface area contributed by atoms with Crippen LogP contribution in [0.4, 0.5) is 0 Å². The zero-order valence-corrected chi connectivity index (χ0v) is 10.0. The molecule has 0 spiro atoms. The van der Waals surface area contributed by atoms with Crippen molar-refractivity contribution in [3.63, 3.8) is 0 Å². The summed E-state index contributed by atoms with van der Waals surface area (Å²) in [6, 6.07) is -0.316. The van der Waals surface area contributed by atoms with Gasteiger partial charge in [-0.2, -0.15) is 0 Å². The molecule has 89 valence electrons. The van der Waals surface area contributed by atoms with Crippen molar-refractivity contribution in [2.24, 2.45) is 5.92 Å². The first-order chi connectivity index (χ1) is 7.39. The van der Waals surface area contributed by atoms with Gasteiger partial charge in [0.05, 0.1) is 19.9 Å². The third-order valence-electron chi connectivity index (χ3n) is 2.60. The number of ether oxygens (including phenoxy) is 2. The molecule has 1 aliphatic rings. The molecule has 0 amide bonds. The van der Waals surface area contributed by atoms with E-state index in [1.165, 1.54) is 14.3 Å². The molecular weight excluding hydrogens is 233 g/mol. The molecule has 1 aliphatic heterocycles. The average Bonchev–Trinajstić information content (AvgIpc) is 2.50. The highest BCUT2D eigenvalue weighted by Crippen LogP contribution is 2.34. The first-order valence-corrected chi connectivity index (χ1v) is 6.30. The Morgan fingerprint density at radius 3 is 2.75 bits per heavy atom. The fourth-order valence-electron chi connectivity index (χ4n) is 1.82. The molecule has 0 aromatic rings. The van der Waals surface area contributed by atoms with Gasteiger partial charge in [-0.15, -0.1) is 0 Å². The van der Waals surface area contributed by atoms with Crippen molar-refractivity contribution in [1.29, 1.82) is 0 Å². The van der Waals surface area contributed by atoms with Crippen LogP contribution in [-0.4, -0.2) is 51.7 Å². The molecule has 9 heteroatoms. The standard InChI is InChI=1S/C7H14B2O6P/c1-4-6(13-2)5(15-7(4)9-8)3-14-16(10,11)12/h4-7H,3H2,1-2H3,(H2,10,11,12)/p-1/t4?,5-,6-,7-/m1/s1. The smallest absolute Gasteiger partial charge is 0.265 e. The van der Waals surface area contributed by atoms with Crippen molar-refractivity contribution in [2.45, 2.75) is 25.1 Å². The monoisotopic (exact) mass is 246 g/mol. The second-order valence-corrected chi connectivity index (χ2v) is 4.85. The SMILES string of the molecule is [B][B][C@@H]1O[C@H](COP(=O)([O-])O)[C@H](OC)C1C. The van der Waals surface area contributed by atoms with Gasteiger partial charge in [0.1, 0.15) is 6.10 Å². The van der Waals surface area contributed by atoms with E-state index in [0.29, 0.717) is 0 Å². The van der Waals surface area contributed by atoms with Gasteiger partial charge in [-0.3, -0.25) is 4.57 Å². The van der Waals surface area contributed by atoms with E-state index >= 15 is 0 Å². The summed E-state index contributed by atoms with van der Waals surface area (Å²) >= 11 is 0. The lowest BCUT2D eigenvalue weighted by atomic mass is 9.49. The van der Waals surface area contributed by atoms with E-state index in [4.69, 9.17) is 22.1 Å². The van der Waals surface area contributed by atoms with Crippen LogP contribution in [0.3, 0.4) is 0 Å². The molecule has 0 aromatic heterocycles. The Morgan fingerprint density at radius 1 is 1.69 bits per heavy atom. The maximum atomic E-state index is 10.4. The molecule has 5 atom stereocenters. The summed E-state index contributed by atoms with van der Waals surface area (Å²) < 4.78 is 25.3. The highest BCUT2D eigenvalue weighted by molar-refractivity contribution is 7.44. The molecule has 0 aromatic carbocycles. The lowest BCUT2D eigenvalue weighted by molar-refractivity contribution is -0.222. The van der Waals surface area contributed by atoms with Crippen LogP contribution in [0.1, 0.15) is 6.92 Å². The van der Waals surface area contributed by atoms with Crippen molar-refractivity contribution in [3.05, 3.63) is 0 Å². The summed E-state index contributed by atoms with van der Waals surface area (Å²) in [5.41, 5.74) is 0. The molecule has 1 heterocycles. The highest BCUT2D eigenvalue weighted by atomic mass is 31.2. The first-order valence-electron chi connectivity index (χ1n) is 4.80. The lowest BCUT2D eigenvalue weighted by Gasteiger charge is -2.22. The molecule has 1 fully saturated rings. The largest absolute Gasteiger partial charge is 0.756 e. The number of phosphoric ester groups is 1. The predicted octanol–water partition coefficient (Wildman–Crippen LogP) is -1.37. The van der Waals surface area contributed by atoms with Gasteiger partial charge < -0.3 is 23.8 Å². The van der Waals surface area contributed by atoms with Gasteiger partial charge in [0.25, 0.3) is 7.82 Å². The van der Waals surface area contributed by atoms with E-state index < -0.39 is 13.9 Å². The van der Waals surface area contributed by atoms with Crippen LogP contribution in [0.25, 0.3) is 0 Å². The third kappa shape index (κ3) is 3.58. The van der Waals surface area contributed by atoms with Gasteiger partial charge in [0, 0.05) is 26.8 Å². The highest BCUT2D eigenvalue weighted by Gasteiger charge is 2.41. The maximum Gasteiger partial charge on any atom is 0.265 e. The summed E-state index contributed by atoms with van der Waals surface area (Å²) in [5.74, 6) is -0.00618. The fourth-order valence-corrected chi connectivity index (χ4v) is 2.15. The molecule has 0 bridgehead atoms. The quantitative estimate of drug-likeness (QED) is 0.475. The van der Waals surface area contributed by atoms with Gasteiger partial charge in [-0.1, -0.05) is 6.92 Å². The first kappa shape index (κ1) is 14.2. The summed E-state index contributed by atoms with van der Waals surface area (Å²) in [7, 11) is 3.52. The van der Waals surface area contributed by atoms with Crippen LogP contribution < -0.4 is 4.89 Å². The molecule has 1 saturated heterocycles. The van der Waals surface area contributed by atoms with Crippen molar-refractivity contribution in [1.82, 2.24) is 0 Å². The second kappa shape index (κ2) is 5.67. The predicted molar refractivity (Wildman–Crippen MR) is 55.9 cm³/mol. The Labute approximate surface area is 96.5 Å². The van der Waals surface area contributed by atoms with Crippen LogP contribution >= 0.6 is 7.82 Å². The summed E-state index contributed by atoms with van der Waals surface area (Å²) in [6.45, 7) is 1.59. The van der Waals surface area contributed by atoms with E-state index in [1.807, 2.05) is 6.92 Å². The topological polar surface area (TPSA) is 88.1 Å². The van der Waals surface area contributed by atoms with Crippen molar-refractivity contribution in [3.8, 4) is 0 Å². The van der Waals surface area contributed by atoms with Crippen LogP contribution in [0.2, 0.25) is 0 Å². The molecular formula is C7H13B2O6P-. The van der Waals surface area contributed by atoms with E-state index in [0.717, 1.165) is 0 Å². The van der Waals surface area contributed by atoms with Crippen LogP contribution in [0.5, 0.6) is 0 Å². The molecule has 0 saturated carbocycles. The van der Waals surface area contributed by atoms with Crippen molar-refractivity contribution < 1.29 is 28.3 Å². The van der Waals surface area contributed by atoms with E-state index in [-0.39, 0.29) is 24.6 Å². The van der Waals surface area contributed by atoms with Gasteiger partial charge >= 0.3 is 0 Å². The number of hydrogen-bond acceptors (Lipinski definition) is 5. The normalized spacial score (nSPS) is 38.2. The van der Waals surface area contributed by atoms with Gasteiger partial charge in [-0.05, 0) is 0 Å². The number of phosphoric acid groups is 1. The van der Waals surface area contributed by atoms with Gasteiger partial charge in [0.15, 0.2) is 0 Å². The van der Waals surface area contributed by atoms with E-state index in [2.05, 4.69) is 4.52 Å². The Morgan fingerprint density at radius 2 is 2.31 bits per heavy atom. The minimum absolute atomic E-state index is 0.00618. The zero-order valence-electron chi connectivity index (χ0n) is 9.11. The van der Waals surface area contributed by atoms with Crippen LogP contribution in [0, 0.1) is 5.92 Å². The van der Waals surface area contributed by atoms with Crippen LogP contribution in [0.15, 0.2) is 0 Å². The summed E-state index contributed by atoms with van der Waals surface area (Å²) in [4.78, 5) is 18.9. The van der Waals surface area contributed by atoms with E-state index in [9.17, 15) is 9.46 Å². The molecule has 0 aliphatic carbocycles. The fraction of sp³-hybridized carbons (Fsp3) is 1.00. The van der Waals surface area contributed by atoms with E-state index in [1.54, 1.807) is 0 Å². The Balaban J connectivity index is 2.56. The Bertz CT molecular complexity index is 272. The Hall–Kier alpha value is 0.160. The Kier molecular flexibility index (Phi) is 5.04. The third-order valence-corrected chi connectivity index (χ3v) is 3.07. The minimum Gasteiger partial charge on any atom is -0.756 e. The maximum absolute atomic E-state index is 10.4. The molecule has 1 rings (SSSR count). The minimum atomic E-state index is -4.73. The number of rotatable bonds is 5. The average molecular weight is 246 g/mol. The van der Waals surface area contributed by atoms with Gasteiger partial charge in [-0.25, -0.2) is 0 Å². The summed E-state index contributed by atoms with van der Waals surface area (Å²) in [5, 5.41) is 0. The van der Waals surface area contributed by atoms with Crippen molar-refractivity contribution in [2.75, 3.05) is 13.7 Å². The number of hydrogen-bond donors (Lipinski definition) is 1.